The van der Waals surface area contributed by atoms with Crippen molar-refractivity contribution in [3.8, 4) is 5.75 Å². The number of hydrogen-bond donors (Lipinski definition) is 1. The summed E-state index contributed by atoms with van der Waals surface area (Å²) >= 11 is 0. The molecule has 1 aliphatic heterocycles. The van der Waals surface area contributed by atoms with E-state index in [0.717, 1.165) is 19.5 Å². The molecule has 8 heteroatoms. The fourth-order valence-corrected chi connectivity index (χ4v) is 2.67. The van der Waals surface area contributed by atoms with Crippen LogP contribution < -0.4 is 10.1 Å². The largest absolute Gasteiger partial charge is 0.485 e. The molecule has 1 aromatic carbocycles. The van der Waals surface area contributed by atoms with Crippen LogP contribution in [0.4, 0.5) is 0 Å². The maximum Gasteiger partial charge on any atom is 0.253 e. The van der Waals surface area contributed by atoms with Gasteiger partial charge in [0.15, 0.2) is 6.61 Å². The Balaban J connectivity index is 0.00000225. The average Bonchev–Trinajstić information content (AvgIpc) is 3.30. The molecule has 0 saturated carbocycles. The molecule has 2 aromatic rings. The van der Waals surface area contributed by atoms with Gasteiger partial charge in [0, 0.05) is 31.6 Å². The van der Waals surface area contributed by atoms with Gasteiger partial charge in [0.1, 0.15) is 5.75 Å². The van der Waals surface area contributed by atoms with Crippen LogP contribution >= 0.6 is 12.4 Å². The van der Waals surface area contributed by atoms with Gasteiger partial charge in [0.2, 0.25) is 11.7 Å². The summed E-state index contributed by atoms with van der Waals surface area (Å²) in [7, 11) is 1.85. The number of nitrogens with zero attached hydrogens (tertiary/aromatic N) is 3. The second kappa shape index (κ2) is 8.82. The molecule has 1 fully saturated rings. The van der Waals surface area contributed by atoms with E-state index in [-0.39, 0.29) is 31.0 Å². The summed E-state index contributed by atoms with van der Waals surface area (Å²) in [5.41, 5.74) is 0.657. The number of likely N-dealkylation sites (N-methyl/N-ethyl adjacent to an activating group) is 1. The van der Waals surface area contributed by atoms with Crippen LogP contribution in [0.25, 0.3) is 0 Å². The number of aromatic nitrogens is 2. The molecule has 3 rings (SSSR count). The van der Waals surface area contributed by atoms with Crippen LogP contribution in [0.1, 0.15) is 35.4 Å². The van der Waals surface area contributed by atoms with Gasteiger partial charge in [-0.15, -0.1) is 12.4 Å². The molecule has 25 heavy (non-hydrogen) atoms. The fraction of sp³-hybridized carbons (Fsp3) is 0.471. The highest BCUT2D eigenvalue weighted by Crippen LogP contribution is 2.16. The number of ether oxygens (including phenoxy) is 1. The number of nitrogens with one attached hydrogen (secondary N) is 1. The van der Waals surface area contributed by atoms with E-state index in [0.29, 0.717) is 29.4 Å². The van der Waals surface area contributed by atoms with Crippen molar-refractivity contribution in [2.24, 2.45) is 0 Å². The molecule has 1 N–H and O–H groups in total. The van der Waals surface area contributed by atoms with Crippen molar-refractivity contribution in [3.63, 3.8) is 0 Å². The van der Waals surface area contributed by atoms with E-state index >= 15 is 0 Å². The molecule has 136 valence electrons. The standard InChI is InChI=1S/C17H22N4O3.ClH/c1-3-16-19-15(20-24-16)11-23-14-6-4-12(5-7-14)17(22)21(2)13-8-9-18-10-13;/h4-7,13,18H,3,8-11H2,1-2H3;1H. The molecule has 2 heterocycles. The minimum absolute atomic E-state index is 0. The lowest BCUT2D eigenvalue weighted by molar-refractivity contribution is 0.0743. The quantitative estimate of drug-likeness (QED) is 0.843. The zero-order valence-corrected chi connectivity index (χ0v) is 15.2. The van der Waals surface area contributed by atoms with Crippen molar-refractivity contribution in [3.05, 3.63) is 41.5 Å². The van der Waals surface area contributed by atoms with E-state index in [2.05, 4.69) is 15.5 Å². The normalized spacial score (nSPS) is 16.3. The Hall–Kier alpha value is -2.12. The molecule has 1 saturated heterocycles. The van der Waals surface area contributed by atoms with E-state index in [1.165, 1.54) is 0 Å². The van der Waals surface area contributed by atoms with Crippen LogP contribution in [0.15, 0.2) is 28.8 Å². The number of benzene rings is 1. The van der Waals surface area contributed by atoms with E-state index < -0.39 is 0 Å². The molecule has 1 unspecified atom stereocenters. The van der Waals surface area contributed by atoms with E-state index in [1.807, 2.05) is 14.0 Å². The van der Waals surface area contributed by atoms with Gasteiger partial charge in [-0.2, -0.15) is 4.98 Å². The molecule has 1 atom stereocenters. The fourth-order valence-electron chi connectivity index (χ4n) is 2.67. The Bertz CT molecular complexity index is 683. The first-order chi connectivity index (χ1) is 11.7. The number of aryl methyl sites for hydroxylation is 1. The lowest BCUT2D eigenvalue weighted by Crippen LogP contribution is -2.38. The third-order valence-electron chi connectivity index (χ3n) is 4.18. The zero-order chi connectivity index (χ0) is 16.9. The van der Waals surface area contributed by atoms with Crippen molar-refractivity contribution in [1.82, 2.24) is 20.4 Å². The maximum atomic E-state index is 12.5. The third-order valence-corrected chi connectivity index (χ3v) is 4.18. The van der Waals surface area contributed by atoms with Gasteiger partial charge in [-0.25, -0.2) is 0 Å². The Morgan fingerprint density at radius 2 is 2.16 bits per heavy atom. The van der Waals surface area contributed by atoms with Crippen molar-refractivity contribution in [1.29, 1.82) is 0 Å². The molecule has 1 aliphatic rings. The molecule has 0 bridgehead atoms. The van der Waals surface area contributed by atoms with Crippen LogP contribution in [-0.4, -0.2) is 47.1 Å². The molecule has 0 aliphatic carbocycles. The van der Waals surface area contributed by atoms with Crippen molar-refractivity contribution < 1.29 is 14.1 Å². The highest BCUT2D eigenvalue weighted by molar-refractivity contribution is 5.94. The van der Waals surface area contributed by atoms with Gasteiger partial charge in [-0.3, -0.25) is 4.79 Å². The number of rotatable bonds is 6. The van der Waals surface area contributed by atoms with Crippen LogP contribution in [0, 0.1) is 0 Å². The lowest BCUT2D eigenvalue weighted by Gasteiger charge is -2.23. The van der Waals surface area contributed by atoms with Gasteiger partial charge >= 0.3 is 0 Å². The van der Waals surface area contributed by atoms with E-state index in [9.17, 15) is 4.79 Å². The number of hydrogen-bond acceptors (Lipinski definition) is 6. The van der Waals surface area contributed by atoms with Gasteiger partial charge < -0.3 is 19.5 Å². The molecular formula is C17H23ClN4O3. The third kappa shape index (κ3) is 4.70. The van der Waals surface area contributed by atoms with Crippen LogP contribution in [0.5, 0.6) is 5.75 Å². The summed E-state index contributed by atoms with van der Waals surface area (Å²) in [6.07, 6.45) is 1.70. The Labute approximate surface area is 153 Å². The molecule has 1 amide bonds. The first-order valence-electron chi connectivity index (χ1n) is 8.19. The SMILES string of the molecule is CCc1nc(COc2ccc(C(=O)N(C)C3CCNC3)cc2)no1.Cl. The Kier molecular flexibility index (Phi) is 6.78. The number of carbonyl (C=O) groups is 1. The number of amides is 1. The Morgan fingerprint density at radius 3 is 2.76 bits per heavy atom. The monoisotopic (exact) mass is 366 g/mol. The summed E-state index contributed by atoms with van der Waals surface area (Å²) in [5.74, 6) is 1.81. The second-order valence-corrected chi connectivity index (χ2v) is 5.83. The summed E-state index contributed by atoms with van der Waals surface area (Å²) in [4.78, 5) is 18.5. The maximum absolute atomic E-state index is 12.5. The zero-order valence-electron chi connectivity index (χ0n) is 14.4. The van der Waals surface area contributed by atoms with Crippen molar-refractivity contribution in [2.45, 2.75) is 32.4 Å². The van der Waals surface area contributed by atoms with Crippen LogP contribution in [0.2, 0.25) is 0 Å². The molecule has 0 radical (unpaired) electrons. The van der Waals surface area contributed by atoms with E-state index in [1.54, 1.807) is 29.2 Å². The van der Waals surface area contributed by atoms with Gasteiger partial charge in [0.05, 0.1) is 0 Å². The number of halogens is 1. The lowest BCUT2D eigenvalue weighted by atomic mass is 10.1. The minimum Gasteiger partial charge on any atom is -0.485 e. The van der Waals surface area contributed by atoms with Crippen LogP contribution in [0.3, 0.4) is 0 Å². The minimum atomic E-state index is 0. The predicted molar refractivity (Wildman–Crippen MR) is 95.1 cm³/mol. The molecule has 1 aromatic heterocycles. The first-order valence-corrected chi connectivity index (χ1v) is 8.19. The van der Waals surface area contributed by atoms with Gasteiger partial charge in [-0.1, -0.05) is 12.1 Å². The van der Waals surface area contributed by atoms with Crippen molar-refractivity contribution in [2.75, 3.05) is 20.1 Å². The second-order valence-electron chi connectivity index (χ2n) is 5.83. The highest BCUT2D eigenvalue weighted by Gasteiger charge is 2.23. The van der Waals surface area contributed by atoms with Crippen molar-refractivity contribution >= 4 is 18.3 Å². The molecular weight excluding hydrogens is 344 g/mol. The van der Waals surface area contributed by atoms with Gasteiger partial charge in [-0.05, 0) is 37.2 Å². The number of carbonyl (C=O) groups excluding carboxylic acids is 1. The summed E-state index contributed by atoms with van der Waals surface area (Å²) < 4.78 is 10.7. The highest BCUT2D eigenvalue weighted by atomic mass is 35.5. The summed E-state index contributed by atoms with van der Waals surface area (Å²) in [6, 6.07) is 7.40. The predicted octanol–water partition coefficient (Wildman–Crippen LogP) is 2.07. The van der Waals surface area contributed by atoms with Crippen LogP contribution in [-0.2, 0) is 13.0 Å². The summed E-state index contributed by atoms with van der Waals surface area (Å²) in [5, 5.41) is 7.11. The van der Waals surface area contributed by atoms with Gasteiger partial charge in [0.25, 0.3) is 5.91 Å². The smallest absolute Gasteiger partial charge is 0.253 e. The summed E-state index contributed by atoms with van der Waals surface area (Å²) in [6.45, 7) is 4.01. The first kappa shape index (κ1) is 19.2. The van der Waals surface area contributed by atoms with E-state index in [4.69, 9.17) is 9.26 Å². The topological polar surface area (TPSA) is 80.5 Å². The molecule has 7 nitrogen and oxygen atoms in total. The average molecular weight is 367 g/mol. The Morgan fingerprint density at radius 1 is 1.40 bits per heavy atom. The molecule has 0 spiro atoms.